The molecule has 0 aliphatic carbocycles. The van der Waals surface area contributed by atoms with E-state index in [1.165, 1.54) is 6.07 Å². The minimum Gasteiger partial charge on any atom is -0.396 e. The van der Waals surface area contributed by atoms with Crippen LogP contribution >= 0.6 is 0 Å². The van der Waals surface area contributed by atoms with E-state index in [9.17, 15) is 22.7 Å². The third-order valence-corrected chi connectivity index (χ3v) is 5.12. The highest BCUT2D eigenvalue weighted by molar-refractivity contribution is 5.22. The van der Waals surface area contributed by atoms with Crippen LogP contribution in [0.3, 0.4) is 0 Å². The number of aliphatic hydroxyl groups is 1. The van der Waals surface area contributed by atoms with Crippen molar-refractivity contribution in [3.8, 4) is 0 Å². The fourth-order valence-electron chi connectivity index (χ4n) is 3.76. The van der Waals surface area contributed by atoms with Crippen molar-refractivity contribution in [1.82, 2.24) is 4.90 Å². The number of nitrogens with zero attached hydrogens (tertiary/aromatic N) is 1. The molecule has 1 saturated heterocycles. The van der Waals surface area contributed by atoms with E-state index < -0.39 is 22.9 Å². The first kappa shape index (κ1) is 18.9. The quantitative estimate of drug-likeness (QED) is 0.636. The van der Waals surface area contributed by atoms with Crippen LogP contribution in [0.15, 0.2) is 36.4 Å². The maximum atomic E-state index is 14.0. The predicted molar refractivity (Wildman–Crippen MR) is 90.4 cm³/mol. The highest BCUT2D eigenvalue weighted by atomic mass is 19.2. The lowest BCUT2D eigenvalue weighted by molar-refractivity contribution is 0.0273. The molecule has 0 unspecified atom stereocenters. The molecule has 1 atom stereocenters. The molecule has 0 saturated carbocycles. The van der Waals surface area contributed by atoms with Crippen molar-refractivity contribution >= 4 is 0 Å². The van der Waals surface area contributed by atoms with Crippen LogP contribution in [0, 0.1) is 28.7 Å². The van der Waals surface area contributed by atoms with Crippen LogP contribution in [0.5, 0.6) is 0 Å². The molecule has 1 aliphatic rings. The molecule has 2 aromatic rings. The first-order chi connectivity index (χ1) is 12.4. The summed E-state index contributed by atoms with van der Waals surface area (Å²) in [6.45, 7) is 0.683. The first-order valence-corrected chi connectivity index (χ1v) is 8.63. The minimum absolute atomic E-state index is 0.0888. The average molecular weight is 367 g/mol. The van der Waals surface area contributed by atoms with E-state index >= 15 is 0 Å². The monoisotopic (exact) mass is 367 g/mol. The molecule has 2 nitrogen and oxygen atoms in total. The highest BCUT2D eigenvalue weighted by Gasteiger charge is 2.36. The highest BCUT2D eigenvalue weighted by Crippen LogP contribution is 2.35. The molecule has 140 valence electrons. The molecule has 0 aromatic heterocycles. The summed E-state index contributed by atoms with van der Waals surface area (Å²) in [6, 6.07) is 8.07. The molecule has 0 radical (unpaired) electrons. The van der Waals surface area contributed by atoms with Gasteiger partial charge in [-0.15, -0.1) is 0 Å². The molecule has 6 heteroatoms. The molecular weight excluding hydrogens is 346 g/mol. The van der Waals surface area contributed by atoms with Gasteiger partial charge in [-0.05, 0) is 49.6 Å². The van der Waals surface area contributed by atoms with Gasteiger partial charge in [-0.25, -0.2) is 17.6 Å². The third kappa shape index (κ3) is 3.91. The molecule has 0 spiro atoms. The fraction of sp³-hybridized carbons (Fsp3) is 0.400. The van der Waals surface area contributed by atoms with Gasteiger partial charge in [0.15, 0.2) is 11.6 Å². The Bertz CT molecular complexity index is 782. The number of hydrogen-bond donors (Lipinski definition) is 1. The smallest absolute Gasteiger partial charge is 0.166 e. The second kappa shape index (κ2) is 7.76. The van der Waals surface area contributed by atoms with E-state index in [0.29, 0.717) is 37.9 Å². The zero-order valence-corrected chi connectivity index (χ0v) is 14.3. The predicted octanol–water partition coefficient (Wildman–Crippen LogP) is 4.06. The summed E-state index contributed by atoms with van der Waals surface area (Å²) >= 11 is 0. The van der Waals surface area contributed by atoms with Crippen LogP contribution in [0.1, 0.15) is 24.0 Å². The molecular formula is C20H21F4NO. The Labute approximate surface area is 150 Å². The van der Waals surface area contributed by atoms with E-state index in [1.54, 1.807) is 23.1 Å². The number of likely N-dealkylation sites (tertiary alicyclic amines) is 1. The summed E-state index contributed by atoms with van der Waals surface area (Å²) in [7, 11) is 0. The molecule has 2 aromatic carbocycles. The Morgan fingerprint density at radius 3 is 2.42 bits per heavy atom. The van der Waals surface area contributed by atoms with Crippen molar-refractivity contribution in [1.29, 1.82) is 0 Å². The van der Waals surface area contributed by atoms with Gasteiger partial charge in [0.1, 0.15) is 11.6 Å². The summed E-state index contributed by atoms with van der Waals surface area (Å²) in [5.41, 5.74) is -0.406. The third-order valence-electron chi connectivity index (χ3n) is 5.12. The maximum Gasteiger partial charge on any atom is 0.166 e. The molecule has 0 amide bonds. The second-order valence-corrected chi connectivity index (χ2v) is 7.06. The standard InChI is InChI=1S/C20H21F4NO/c21-16-5-2-1-4-14(16)10-20(13-26)8-3-9-25(12-20)11-15-17(22)6-7-18(23)19(15)24/h1-2,4-7,26H,3,8-13H2/t20-/m1/s1. The number of aliphatic hydroxyl groups excluding tert-OH is 1. The van der Waals surface area contributed by atoms with E-state index in [0.717, 1.165) is 12.1 Å². The summed E-state index contributed by atoms with van der Waals surface area (Å²) in [4.78, 5) is 1.79. The van der Waals surface area contributed by atoms with Crippen molar-refractivity contribution in [2.45, 2.75) is 25.8 Å². The Morgan fingerprint density at radius 1 is 0.962 bits per heavy atom. The zero-order chi connectivity index (χ0) is 18.7. The van der Waals surface area contributed by atoms with Crippen molar-refractivity contribution in [3.05, 3.63) is 70.8 Å². The Hall–Kier alpha value is -1.92. The van der Waals surface area contributed by atoms with Gasteiger partial charge < -0.3 is 5.11 Å². The van der Waals surface area contributed by atoms with Gasteiger partial charge in [0, 0.05) is 24.1 Å². The van der Waals surface area contributed by atoms with Crippen LogP contribution in [-0.2, 0) is 13.0 Å². The summed E-state index contributed by atoms with van der Waals surface area (Å²) in [5, 5.41) is 9.97. The summed E-state index contributed by atoms with van der Waals surface area (Å²) in [5.74, 6) is -3.39. The average Bonchev–Trinajstić information content (AvgIpc) is 2.64. The van der Waals surface area contributed by atoms with E-state index in [1.807, 2.05) is 0 Å². The molecule has 1 heterocycles. The Kier molecular flexibility index (Phi) is 5.63. The molecule has 0 bridgehead atoms. The van der Waals surface area contributed by atoms with Crippen LogP contribution in [0.2, 0.25) is 0 Å². The molecule has 1 N–H and O–H groups in total. The van der Waals surface area contributed by atoms with Gasteiger partial charge in [0.25, 0.3) is 0 Å². The largest absolute Gasteiger partial charge is 0.396 e. The fourth-order valence-corrected chi connectivity index (χ4v) is 3.76. The van der Waals surface area contributed by atoms with Crippen LogP contribution < -0.4 is 0 Å². The number of piperidine rings is 1. The maximum absolute atomic E-state index is 14.0. The van der Waals surface area contributed by atoms with Gasteiger partial charge in [0.05, 0.1) is 6.61 Å². The lowest BCUT2D eigenvalue weighted by Gasteiger charge is -2.42. The Morgan fingerprint density at radius 2 is 1.69 bits per heavy atom. The second-order valence-electron chi connectivity index (χ2n) is 7.06. The number of benzene rings is 2. The van der Waals surface area contributed by atoms with E-state index in [4.69, 9.17) is 0 Å². The zero-order valence-electron chi connectivity index (χ0n) is 14.3. The lowest BCUT2D eigenvalue weighted by atomic mass is 9.75. The van der Waals surface area contributed by atoms with Gasteiger partial charge in [0.2, 0.25) is 0 Å². The van der Waals surface area contributed by atoms with E-state index in [2.05, 4.69) is 0 Å². The van der Waals surface area contributed by atoms with Gasteiger partial charge in [-0.3, -0.25) is 4.90 Å². The number of hydrogen-bond acceptors (Lipinski definition) is 2. The molecule has 1 aliphatic heterocycles. The topological polar surface area (TPSA) is 23.5 Å². The number of halogens is 4. The summed E-state index contributed by atoms with van der Waals surface area (Å²) in [6.07, 6.45) is 1.72. The first-order valence-electron chi connectivity index (χ1n) is 8.63. The lowest BCUT2D eigenvalue weighted by Crippen LogP contribution is -2.46. The van der Waals surface area contributed by atoms with Crippen LogP contribution in [-0.4, -0.2) is 29.7 Å². The van der Waals surface area contributed by atoms with Gasteiger partial charge >= 0.3 is 0 Å². The molecule has 26 heavy (non-hydrogen) atoms. The normalized spacial score (nSPS) is 21.1. The Balaban J connectivity index is 1.79. The van der Waals surface area contributed by atoms with Gasteiger partial charge in [-0.2, -0.15) is 0 Å². The van der Waals surface area contributed by atoms with Crippen molar-refractivity contribution in [2.75, 3.05) is 19.7 Å². The van der Waals surface area contributed by atoms with Crippen molar-refractivity contribution in [2.24, 2.45) is 5.41 Å². The minimum atomic E-state index is -1.18. The van der Waals surface area contributed by atoms with Gasteiger partial charge in [-0.1, -0.05) is 18.2 Å². The van der Waals surface area contributed by atoms with Crippen molar-refractivity contribution in [3.63, 3.8) is 0 Å². The summed E-state index contributed by atoms with van der Waals surface area (Å²) < 4.78 is 55.3. The molecule has 1 fully saturated rings. The van der Waals surface area contributed by atoms with Crippen LogP contribution in [0.25, 0.3) is 0 Å². The van der Waals surface area contributed by atoms with Crippen molar-refractivity contribution < 1.29 is 22.7 Å². The van der Waals surface area contributed by atoms with Crippen LogP contribution in [0.4, 0.5) is 17.6 Å². The molecule has 3 rings (SSSR count). The SMILES string of the molecule is OC[C@@]1(Cc2ccccc2F)CCCN(Cc2c(F)ccc(F)c2F)C1. The number of rotatable bonds is 5. The van der Waals surface area contributed by atoms with E-state index in [-0.39, 0.29) is 24.5 Å².